The van der Waals surface area contributed by atoms with Crippen molar-refractivity contribution in [1.82, 2.24) is 0 Å². The number of benzene rings is 1. The van der Waals surface area contributed by atoms with Crippen LogP contribution < -0.4 is 0 Å². The van der Waals surface area contributed by atoms with Gasteiger partial charge in [0.25, 0.3) is 0 Å². The summed E-state index contributed by atoms with van der Waals surface area (Å²) in [7, 11) is 0. The summed E-state index contributed by atoms with van der Waals surface area (Å²) in [6.07, 6.45) is 0. The third kappa shape index (κ3) is 2.46. The highest BCUT2D eigenvalue weighted by Gasteiger charge is 2.02. The number of rotatable bonds is 1. The second kappa shape index (κ2) is 3.92. The Bertz CT molecular complexity index is 258. The highest BCUT2D eigenvalue weighted by atomic mass is 79.9. The topological polar surface area (TPSA) is 0 Å². The lowest BCUT2D eigenvalue weighted by atomic mass is 10.2. The molecule has 0 aliphatic rings. The van der Waals surface area contributed by atoms with Crippen molar-refractivity contribution in [2.75, 3.05) is 0 Å². The Hall–Kier alpha value is 0.470. The van der Waals surface area contributed by atoms with Crippen molar-refractivity contribution in [3.63, 3.8) is 0 Å². The van der Waals surface area contributed by atoms with Crippen LogP contribution in [0.1, 0.15) is 17.3 Å². The molecule has 1 rings (SSSR count). The van der Waals surface area contributed by atoms with Crippen LogP contribution >= 0.6 is 43.5 Å². The SMILES string of the molecule is CC(Br)c1ccc(Cl)c(Br)c1. The molecule has 3 heteroatoms. The second-order valence-electron chi connectivity index (χ2n) is 2.29. The first-order valence-corrected chi connectivity index (χ1v) is 5.29. The van der Waals surface area contributed by atoms with Gasteiger partial charge in [0.05, 0.1) is 5.02 Å². The minimum atomic E-state index is 0.371. The van der Waals surface area contributed by atoms with E-state index in [0.717, 1.165) is 9.50 Å². The monoisotopic (exact) mass is 296 g/mol. The lowest BCUT2D eigenvalue weighted by molar-refractivity contribution is 1.12. The zero-order valence-electron chi connectivity index (χ0n) is 5.94. The molecule has 0 aromatic heterocycles. The van der Waals surface area contributed by atoms with E-state index < -0.39 is 0 Å². The molecule has 1 aromatic carbocycles. The predicted molar refractivity (Wildman–Crippen MR) is 56.5 cm³/mol. The smallest absolute Gasteiger partial charge is 0.0548 e. The molecule has 0 heterocycles. The molecule has 0 aliphatic carbocycles. The molecule has 0 amide bonds. The van der Waals surface area contributed by atoms with Gasteiger partial charge in [0.15, 0.2) is 0 Å². The highest BCUT2D eigenvalue weighted by molar-refractivity contribution is 9.10. The van der Waals surface area contributed by atoms with Crippen molar-refractivity contribution >= 4 is 43.5 Å². The normalized spacial score (nSPS) is 13.1. The number of halogens is 3. The fourth-order valence-electron chi connectivity index (χ4n) is 0.760. The van der Waals surface area contributed by atoms with Crippen LogP contribution in [-0.2, 0) is 0 Å². The van der Waals surface area contributed by atoms with Crippen LogP contribution in [0.2, 0.25) is 5.02 Å². The maximum Gasteiger partial charge on any atom is 0.0548 e. The molecule has 60 valence electrons. The fourth-order valence-corrected chi connectivity index (χ4v) is 1.56. The molecule has 0 aliphatic heterocycles. The van der Waals surface area contributed by atoms with Crippen LogP contribution in [0.5, 0.6) is 0 Å². The summed E-state index contributed by atoms with van der Waals surface area (Å²) in [6.45, 7) is 2.08. The maximum absolute atomic E-state index is 5.82. The standard InChI is InChI=1S/C8H7Br2Cl/c1-5(9)6-2-3-8(11)7(10)4-6/h2-5H,1H3. The molecule has 0 N–H and O–H groups in total. The summed E-state index contributed by atoms with van der Waals surface area (Å²) in [5.41, 5.74) is 1.22. The number of hydrogen-bond donors (Lipinski definition) is 0. The Balaban J connectivity index is 3.05. The molecule has 0 spiro atoms. The minimum absolute atomic E-state index is 0.371. The van der Waals surface area contributed by atoms with E-state index in [-0.39, 0.29) is 0 Å². The summed E-state index contributed by atoms with van der Waals surface area (Å²) in [6, 6.07) is 5.91. The Morgan fingerprint density at radius 1 is 1.45 bits per heavy atom. The summed E-state index contributed by atoms with van der Waals surface area (Å²) in [5, 5.41) is 0.752. The lowest BCUT2D eigenvalue weighted by Crippen LogP contribution is -1.82. The van der Waals surface area contributed by atoms with Gasteiger partial charge < -0.3 is 0 Å². The van der Waals surface area contributed by atoms with Crippen molar-refractivity contribution in [3.8, 4) is 0 Å². The molecule has 1 atom stereocenters. The van der Waals surface area contributed by atoms with Gasteiger partial charge in [0.2, 0.25) is 0 Å². The van der Waals surface area contributed by atoms with Crippen LogP contribution in [0.4, 0.5) is 0 Å². The third-order valence-corrected chi connectivity index (χ3v) is 3.15. The quantitative estimate of drug-likeness (QED) is 0.667. The van der Waals surface area contributed by atoms with Gasteiger partial charge >= 0.3 is 0 Å². The van der Waals surface area contributed by atoms with E-state index >= 15 is 0 Å². The van der Waals surface area contributed by atoms with E-state index in [9.17, 15) is 0 Å². The van der Waals surface area contributed by atoms with E-state index in [2.05, 4.69) is 38.8 Å². The van der Waals surface area contributed by atoms with E-state index in [1.165, 1.54) is 5.56 Å². The second-order valence-corrected chi connectivity index (χ2v) is 4.92. The van der Waals surface area contributed by atoms with Gasteiger partial charge in [0, 0.05) is 9.30 Å². The lowest BCUT2D eigenvalue weighted by Gasteiger charge is -2.04. The van der Waals surface area contributed by atoms with Crippen LogP contribution in [0, 0.1) is 0 Å². The Kier molecular flexibility index (Phi) is 3.41. The van der Waals surface area contributed by atoms with Crippen molar-refractivity contribution in [2.45, 2.75) is 11.8 Å². The summed E-state index contributed by atoms with van der Waals surface area (Å²) in [4.78, 5) is 0.371. The van der Waals surface area contributed by atoms with Gasteiger partial charge in [-0.25, -0.2) is 0 Å². The summed E-state index contributed by atoms with van der Waals surface area (Å²) >= 11 is 12.7. The van der Waals surface area contributed by atoms with Gasteiger partial charge in [-0.2, -0.15) is 0 Å². The molecule has 1 unspecified atom stereocenters. The van der Waals surface area contributed by atoms with E-state index in [0.29, 0.717) is 4.83 Å². The first-order chi connectivity index (χ1) is 5.11. The first kappa shape index (κ1) is 9.56. The average Bonchev–Trinajstić information content (AvgIpc) is 1.94. The Morgan fingerprint density at radius 3 is 2.55 bits per heavy atom. The third-order valence-electron chi connectivity index (χ3n) is 1.40. The zero-order valence-corrected chi connectivity index (χ0v) is 9.87. The molecule has 0 saturated carbocycles. The van der Waals surface area contributed by atoms with Crippen molar-refractivity contribution in [2.24, 2.45) is 0 Å². The number of hydrogen-bond acceptors (Lipinski definition) is 0. The zero-order chi connectivity index (χ0) is 8.43. The largest absolute Gasteiger partial charge is 0.0842 e. The van der Waals surface area contributed by atoms with Crippen LogP contribution in [0.3, 0.4) is 0 Å². The molecular weight excluding hydrogens is 291 g/mol. The Labute approximate surface area is 88.2 Å². The summed E-state index contributed by atoms with van der Waals surface area (Å²) in [5.74, 6) is 0. The van der Waals surface area contributed by atoms with Gasteiger partial charge in [-0.05, 0) is 40.5 Å². The van der Waals surface area contributed by atoms with Gasteiger partial charge in [-0.3, -0.25) is 0 Å². The summed E-state index contributed by atoms with van der Waals surface area (Å²) < 4.78 is 0.947. The van der Waals surface area contributed by atoms with Crippen LogP contribution in [0.15, 0.2) is 22.7 Å². The molecule has 0 fully saturated rings. The van der Waals surface area contributed by atoms with Crippen LogP contribution in [0.25, 0.3) is 0 Å². The fraction of sp³-hybridized carbons (Fsp3) is 0.250. The first-order valence-electron chi connectivity index (χ1n) is 3.20. The minimum Gasteiger partial charge on any atom is -0.0842 e. The molecule has 0 bridgehead atoms. The molecule has 0 radical (unpaired) electrons. The highest BCUT2D eigenvalue weighted by Crippen LogP contribution is 2.29. The van der Waals surface area contributed by atoms with Gasteiger partial charge in [-0.15, -0.1) is 0 Å². The molecular formula is C8H7Br2Cl. The van der Waals surface area contributed by atoms with E-state index in [4.69, 9.17) is 11.6 Å². The molecule has 11 heavy (non-hydrogen) atoms. The van der Waals surface area contributed by atoms with Gasteiger partial charge in [0.1, 0.15) is 0 Å². The average molecular weight is 298 g/mol. The van der Waals surface area contributed by atoms with E-state index in [1.54, 1.807) is 0 Å². The van der Waals surface area contributed by atoms with Crippen molar-refractivity contribution in [1.29, 1.82) is 0 Å². The molecule has 0 nitrogen and oxygen atoms in total. The molecule has 1 aromatic rings. The van der Waals surface area contributed by atoms with E-state index in [1.807, 2.05) is 18.2 Å². The van der Waals surface area contributed by atoms with Crippen molar-refractivity contribution in [3.05, 3.63) is 33.3 Å². The predicted octanol–water partition coefficient (Wildman–Crippen LogP) is 4.56. The molecule has 0 saturated heterocycles. The van der Waals surface area contributed by atoms with Crippen molar-refractivity contribution < 1.29 is 0 Å². The maximum atomic E-state index is 5.82. The van der Waals surface area contributed by atoms with Gasteiger partial charge in [-0.1, -0.05) is 33.6 Å². The Morgan fingerprint density at radius 2 is 2.09 bits per heavy atom. The van der Waals surface area contributed by atoms with Crippen LogP contribution in [-0.4, -0.2) is 0 Å². The number of alkyl halides is 1.